The lowest BCUT2D eigenvalue weighted by molar-refractivity contribution is -0.122. The zero-order valence-electron chi connectivity index (χ0n) is 18.8. The second kappa shape index (κ2) is 9.15. The number of carbonyl (C=O) groups is 1. The van der Waals surface area contributed by atoms with Crippen LogP contribution in [0.5, 0.6) is 0 Å². The maximum atomic E-state index is 13.0. The van der Waals surface area contributed by atoms with Crippen molar-refractivity contribution in [2.45, 2.75) is 46.8 Å². The first-order chi connectivity index (χ1) is 14.5. The molecule has 3 rings (SSSR count). The standard InChI is InChI=1S/C22H28N4O3S2/c1-12(2)9-26-21(28)18(31-22(26)30)7-16-15(5)17(8-23)20(27)24(6)19(16)25-10-13(3)29-14(4)11-25/h7,12-14H,9-11H2,1-6H3. The Bertz CT molecular complexity index is 1040. The predicted octanol–water partition coefficient (Wildman–Crippen LogP) is 3.04. The van der Waals surface area contributed by atoms with Gasteiger partial charge in [0.2, 0.25) is 0 Å². The summed E-state index contributed by atoms with van der Waals surface area (Å²) in [6, 6.07) is 2.04. The molecule has 2 aliphatic rings. The normalized spacial score (nSPS) is 23.2. The highest BCUT2D eigenvalue weighted by molar-refractivity contribution is 8.26. The summed E-state index contributed by atoms with van der Waals surface area (Å²) in [4.78, 5) is 30.2. The van der Waals surface area contributed by atoms with Crippen molar-refractivity contribution in [3.8, 4) is 6.07 Å². The molecule has 9 heteroatoms. The van der Waals surface area contributed by atoms with E-state index in [9.17, 15) is 14.9 Å². The number of hydrogen-bond acceptors (Lipinski definition) is 7. The molecule has 0 aromatic carbocycles. The minimum absolute atomic E-state index is 0.00750. The monoisotopic (exact) mass is 460 g/mol. The van der Waals surface area contributed by atoms with Crippen molar-refractivity contribution in [2.24, 2.45) is 13.0 Å². The lowest BCUT2D eigenvalue weighted by Crippen LogP contribution is -2.47. The molecule has 7 nitrogen and oxygen atoms in total. The van der Waals surface area contributed by atoms with E-state index in [1.165, 1.54) is 16.3 Å². The van der Waals surface area contributed by atoms with Gasteiger partial charge < -0.3 is 9.64 Å². The van der Waals surface area contributed by atoms with Crippen molar-refractivity contribution in [1.29, 1.82) is 5.26 Å². The quantitative estimate of drug-likeness (QED) is 0.505. The zero-order chi connectivity index (χ0) is 23.0. The Labute approximate surface area is 192 Å². The van der Waals surface area contributed by atoms with Gasteiger partial charge in [-0.2, -0.15) is 5.26 Å². The first-order valence-electron chi connectivity index (χ1n) is 10.3. The Morgan fingerprint density at radius 1 is 1.29 bits per heavy atom. The van der Waals surface area contributed by atoms with Gasteiger partial charge in [0.15, 0.2) is 0 Å². The molecule has 0 spiro atoms. The molecule has 2 saturated heterocycles. The highest BCUT2D eigenvalue weighted by atomic mass is 32.2. The minimum Gasteiger partial charge on any atom is -0.372 e. The second-order valence-corrected chi connectivity index (χ2v) is 10.2. The molecule has 166 valence electrons. The lowest BCUT2D eigenvalue weighted by Gasteiger charge is -2.38. The summed E-state index contributed by atoms with van der Waals surface area (Å²) in [7, 11) is 1.67. The lowest BCUT2D eigenvalue weighted by atomic mass is 10.0. The van der Waals surface area contributed by atoms with Crippen LogP contribution < -0.4 is 10.5 Å². The summed E-state index contributed by atoms with van der Waals surface area (Å²) >= 11 is 6.70. The van der Waals surface area contributed by atoms with E-state index < -0.39 is 0 Å². The number of anilines is 1. The van der Waals surface area contributed by atoms with Crippen LogP contribution in [0.3, 0.4) is 0 Å². The number of thioether (sulfide) groups is 1. The van der Waals surface area contributed by atoms with E-state index in [0.717, 1.165) is 0 Å². The van der Waals surface area contributed by atoms with Crippen LogP contribution in [0.25, 0.3) is 6.08 Å². The predicted molar refractivity (Wildman–Crippen MR) is 128 cm³/mol. The number of amides is 1. The van der Waals surface area contributed by atoms with Crippen LogP contribution >= 0.6 is 24.0 Å². The molecule has 0 aliphatic carbocycles. The van der Waals surface area contributed by atoms with Crippen molar-refractivity contribution in [1.82, 2.24) is 9.47 Å². The summed E-state index contributed by atoms with van der Waals surface area (Å²) in [5.41, 5.74) is 1.02. The minimum atomic E-state index is -0.341. The summed E-state index contributed by atoms with van der Waals surface area (Å²) in [6.45, 7) is 11.6. The fourth-order valence-electron chi connectivity index (χ4n) is 4.10. The van der Waals surface area contributed by atoms with Crippen molar-refractivity contribution in [3.63, 3.8) is 0 Å². The van der Waals surface area contributed by atoms with Gasteiger partial charge in [0, 0.05) is 32.2 Å². The van der Waals surface area contributed by atoms with Gasteiger partial charge in [-0.05, 0) is 38.3 Å². The maximum Gasteiger partial charge on any atom is 0.270 e. The number of aromatic nitrogens is 1. The first-order valence-corrected chi connectivity index (χ1v) is 11.6. The van der Waals surface area contributed by atoms with Gasteiger partial charge in [-0.15, -0.1) is 0 Å². The van der Waals surface area contributed by atoms with Crippen LogP contribution in [0.15, 0.2) is 9.70 Å². The van der Waals surface area contributed by atoms with E-state index in [2.05, 4.69) is 4.90 Å². The second-order valence-electron chi connectivity index (χ2n) is 8.56. The number of carbonyl (C=O) groups excluding carboxylic acids is 1. The molecule has 31 heavy (non-hydrogen) atoms. The van der Waals surface area contributed by atoms with Crippen LogP contribution in [-0.4, -0.2) is 51.5 Å². The van der Waals surface area contributed by atoms with Crippen LogP contribution in [0.4, 0.5) is 5.82 Å². The van der Waals surface area contributed by atoms with E-state index in [1.807, 2.05) is 33.8 Å². The van der Waals surface area contributed by atoms with Gasteiger partial charge in [0.1, 0.15) is 21.8 Å². The zero-order valence-corrected chi connectivity index (χ0v) is 20.4. The SMILES string of the molecule is Cc1c(C=C2SC(=S)N(CC(C)C)C2=O)c(N2CC(C)OC(C)C2)n(C)c(=O)c1C#N. The van der Waals surface area contributed by atoms with E-state index >= 15 is 0 Å². The van der Waals surface area contributed by atoms with Crippen LogP contribution in [0.1, 0.15) is 44.4 Å². The number of rotatable bonds is 4. The number of thiocarbonyl (C=S) groups is 1. The Kier molecular flexibility index (Phi) is 6.94. The number of nitriles is 1. The van der Waals surface area contributed by atoms with E-state index in [1.54, 1.807) is 24.9 Å². The summed E-state index contributed by atoms with van der Waals surface area (Å²) in [6.07, 6.45) is 1.77. The van der Waals surface area contributed by atoms with Gasteiger partial charge >= 0.3 is 0 Å². The molecular formula is C22H28N4O3S2. The smallest absolute Gasteiger partial charge is 0.270 e. The molecule has 1 aromatic rings. The van der Waals surface area contributed by atoms with Crippen LogP contribution in [0, 0.1) is 24.2 Å². The molecule has 1 aromatic heterocycles. The molecule has 0 N–H and O–H groups in total. The molecule has 0 bridgehead atoms. The number of morpholine rings is 1. The summed E-state index contributed by atoms with van der Waals surface area (Å²) in [5.74, 6) is 0.848. The summed E-state index contributed by atoms with van der Waals surface area (Å²) < 4.78 is 7.90. The molecule has 3 heterocycles. The molecule has 2 aliphatic heterocycles. The van der Waals surface area contributed by atoms with Crippen molar-refractivity contribution in [3.05, 3.63) is 31.9 Å². The molecule has 2 fully saturated rings. The maximum absolute atomic E-state index is 13.0. The average Bonchev–Trinajstić information content (AvgIpc) is 2.93. The topological polar surface area (TPSA) is 78.6 Å². The fraction of sp³-hybridized carbons (Fsp3) is 0.545. The Balaban J connectivity index is 2.18. The van der Waals surface area contributed by atoms with E-state index in [-0.39, 0.29) is 29.2 Å². The molecule has 1 amide bonds. The van der Waals surface area contributed by atoms with E-state index in [0.29, 0.717) is 51.7 Å². The van der Waals surface area contributed by atoms with Gasteiger partial charge in [0.05, 0.1) is 17.1 Å². The Morgan fingerprint density at radius 2 is 1.90 bits per heavy atom. The van der Waals surface area contributed by atoms with Crippen molar-refractivity contribution >= 4 is 46.1 Å². The third-order valence-corrected chi connectivity index (χ3v) is 6.76. The number of ether oxygens (including phenoxy) is 1. The fourth-order valence-corrected chi connectivity index (χ4v) is 5.36. The highest BCUT2D eigenvalue weighted by Gasteiger charge is 2.34. The largest absolute Gasteiger partial charge is 0.372 e. The number of hydrogen-bond donors (Lipinski definition) is 0. The molecule has 2 unspecified atom stereocenters. The van der Waals surface area contributed by atoms with Gasteiger partial charge in [-0.1, -0.05) is 37.8 Å². The van der Waals surface area contributed by atoms with Crippen molar-refractivity contribution in [2.75, 3.05) is 24.5 Å². The van der Waals surface area contributed by atoms with Crippen LogP contribution in [0.2, 0.25) is 0 Å². The van der Waals surface area contributed by atoms with Crippen molar-refractivity contribution < 1.29 is 9.53 Å². The third kappa shape index (κ3) is 4.56. The van der Waals surface area contributed by atoms with Gasteiger partial charge in [-0.3, -0.25) is 19.1 Å². The summed E-state index contributed by atoms with van der Waals surface area (Å²) in [5, 5.41) is 9.61. The van der Waals surface area contributed by atoms with Gasteiger partial charge in [0.25, 0.3) is 11.5 Å². The molecular weight excluding hydrogens is 432 g/mol. The Morgan fingerprint density at radius 3 is 2.45 bits per heavy atom. The average molecular weight is 461 g/mol. The third-order valence-electron chi connectivity index (χ3n) is 5.38. The highest BCUT2D eigenvalue weighted by Crippen LogP contribution is 2.36. The molecule has 2 atom stereocenters. The molecule has 0 radical (unpaired) electrons. The number of nitrogens with zero attached hydrogens (tertiary/aromatic N) is 4. The number of pyridine rings is 1. The van der Waals surface area contributed by atoms with Gasteiger partial charge in [-0.25, -0.2) is 0 Å². The van der Waals surface area contributed by atoms with Crippen LogP contribution in [-0.2, 0) is 16.6 Å². The van der Waals surface area contributed by atoms with E-state index in [4.69, 9.17) is 17.0 Å². The first kappa shape index (κ1) is 23.5. The Hall–Kier alpha value is -2.15. The molecule has 0 saturated carbocycles.